The fourth-order valence-corrected chi connectivity index (χ4v) is 4.88. The van der Waals surface area contributed by atoms with Gasteiger partial charge in [0.05, 0.1) is 6.04 Å². The molecule has 2 heterocycles. The number of aromatic nitrogens is 1. The van der Waals surface area contributed by atoms with E-state index in [0.717, 1.165) is 32.6 Å². The zero-order chi connectivity index (χ0) is 24.2. The lowest BCUT2D eigenvalue weighted by Gasteiger charge is -2.34. The highest BCUT2D eigenvalue weighted by Crippen LogP contribution is 2.33. The second kappa shape index (κ2) is 10.4. The predicted molar refractivity (Wildman–Crippen MR) is 130 cm³/mol. The number of nitrogens with zero attached hydrogens (tertiary/aromatic N) is 3. The van der Waals surface area contributed by atoms with E-state index in [1.807, 2.05) is 30.1 Å². The quantitative estimate of drug-likeness (QED) is 0.395. The second-order valence-corrected chi connectivity index (χ2v) is 9.02. The van der Waals surface area contributed by atoms with Gasteiger partial charge in [-0.25, -0.2) is 4.39 Å². The van der Waals surface area contributed by atoms with Crippen LogP contribution in [0.3, 0.4) is 0 Å². The van der Waals surface area contributed by atoms with Crippen LogP contribution in [0.1, 0.15) is 23.2 Å². The van der Waals surface area contributed by atoms with Crippen molar-refractivity contribution >= 4 is 41.1 Å². The van der Waals surface area contributed by atoms with Gasteiger partial charge in [0.15, 0.2) is 0 Å². The van der Waals surface area contributed by atoms with Crippen LogP contribution < -0.4 is 4.72 Å². The van der Waals surface area contributed by atoms with Crippen molar-refractivity contribution in [2.24, 2.45) is 0 Å². The Balaban J connectivity index is 1.62. The summed E-state index contributed by atoms with van der Waals surface area (Å²) in [5, 5.41) is 1.07. The van der Waals surface area contributed by atoms with Gasteiger partial charge in [-0.15, -0.1) is 0 Å². The molecule has 1 unspecified atom stereocenters. The maximum atomic E-state index is 13.4. The molecule has 1 aliphatic heterocycles. The topological polar surface area (TPSA) is 74.6 Å². The lowest BCUT2D eigenvalue weighted by Crippen LogP contribution is -2.50. The molecule has 9 heteroatoms. The predicted octanol–water partition coefficient (Wildman–Crippen LogP) is 2.95. The first-order chi connectivity index (χ1) is 16.4. The van der Waals surface area contributed by atoms with Crippen molar-refractivity contribution in [3.63, 3.8) is 0 Å². The summed E-state index contributed by atoms with van der Waals surface area (Å²) >= 11 is 1.18. The van der Waals surface area contributed by atoms with E-state index in [1.165, 1.54) is 24.1 Å². The minimum atomic E-state index is -0.508. The summed E-state index contributed by atoms with van der Waals surface area (Å²) in [4.78, 5) is 39.8. The molecule has 0 spiro atoms. The van der Waals surface area contributed by atoms with Gasteiger partial charge in [-0.05, 0) is 42.8 Å². The molecule has 0 saturated heterocycles. The van der Waals surface area contributed by atoms with Crippen molar-refractivity contribution in [3.05, 3.63) is 71.2 Å². The van der Waals surface area contributed by atoms with Crippen molar-refractivity contribution in [2.75, 3.05) is 19.8 Å². The van der Waals surface area contributed by atoms with Gasteiger partial charge in [0.25, 0.3) is 0 Å². The SMILES string of the molecule is CSNC(=O)CCN(C=O)C(=O)C1Cc2c(n(Cc3ccc(F)cc3)c3ccccc23)CN1C. The molecule has 1 aromatic heterocycles. The molecule has 7 nitrogen and oxygen atoms in total. The number of hydrogen-bond donors (Lipinski definition) is 1. The van der Waals surface area contributed by atoms with Crippen molar-refractivity contribution in [3.8, 4) is 0 Å². The van der Waals surface area contributed by atoms with E-state index in [0.29, 0.717) is 25.9 Å². The van der Waals surface area contributed by atoms with Crippen LogP contribution in [0.15, 0.2) is 48.5 Å². The molecular weight excluding hydrogens is 455 g/mol. The molecular formula is C25H27FN4O3S. The molecule has 0 radical (unpaired) electrons. The minimum Gasteiger partial charge on any atom is -0.339 e. The number of likely N-dealkylation sites (N-methyl/N-ethyl adjacent to an activating group) is 1. The van der Waals surface area contributed by atoms with Gasteiger partial charge >= 0.3 is 0 Å². The number of nitrogens with one attached hydrogen (secondary N) is 1. The highest BCUT2D eigenvalue weighted by Gasteiger charge is 2.35. The molecule has 34 heavy (non-hydrogen) atoms. The molecule has 0 fully saturated rings. The lowest BCUT2D eigenvalue weighted by molar-refractivity contribution is -0.142. The Kier molecular flexibility index (Phi) is 7.33. The summed E-state index contributed by atoms with van der Waals surface area (Å²) in [5.41, 5.74) is 4.23. The van der Waals surface area contributed by atoms with E-state index in [4.69, 9.17) is 0 Å². The number of rotatable bonds is 8. The largest absolute Gasteiger partial charge is 0.339 e. The van der Waals surface area contributed by atoms with Gasteiger partial charge in [0.1, 0.15) is 5.82 Å². The molecule has 1 aliphatic rings. The zero-order valence-electron chi connectivity index (χ0n) is 19.2. The van der Waals surface area contributed by atoms with Crippen LogP contribution in [-0.4, -0.2) is 58.5 Å². The third-order valence-corrected chi connectivity index (χ3v) is 6.70. The summed E-state index contributed by atoms with van der Waals surface area (Å²) in [6.45, 7) is 1.16. The number of fused-ring (bicyclic) bond motifs is 3. The van der Waals surface area contributed by atoms with E-state index in [1.54, 1.807) is 18.4 Å². The van der Waals surface area contributed by atoms with E-state index >= 15 is 0 Å². The first kappa shape index (κ1) is 24.0. The number of imide groups is 1. The van der Waals surface area contributed by atoms with Crippen LogP contribution >= 0.6 is 11.9 Å². The summed E-state index contributed by atoms with van der Waals surface area (Å²) in [6.07, 6.45) is 2.77. The Hall–Kier alpha value is -3.17. The fraction of sp³-hybridized carbons (Fsp3) is 0.320. The monoisotopic (exact) mass is 482 g/mol. The van der Waals surface area contributed by atoms with E-state index < -0.39 is 6.04 Å². The van der Waals surface area contributed by atoms with Crippen LogP contribution in [0.2, 0.25) is 0 Å². The Morgan fingerprint density at radius 1 is 1.21 bits per heavy atom. The van der Waals surface area contributed by atoms with Gasteiger partial charge in [0.2, 0.25) is 18.2 Å². The molecule has 3 amide bonds. The Bertz CT molecular complexity index is 1210. The number of para-hydroxylation sites is 1. The van der Waals surface area contributed by atoms with Crippen LogP contribution in [0.5, 0.6) is 0 Å². The Morgan fingerprint density at radius 3 is 2.65 bits per heavy atom. The van der Waals surface area contributed by atoms with Crippen LogP contribution in [0.4, 0.5) is 4.39 Å². The summed E-state index contributed by atoms with van der Waals surface area (Å²) < 4.78 is 18.2. The fourth-order valence-electron chi connectivity index (χ4n) is 4.55. The van der Waals surface area contributed by atoms with E-state index in [-0.39, 0.29) is 30.6 Å². The molecule has 1 N–H and O–H groups in total. The van der Waals surface area contributed by atoms with Gasteiger partial charge in [-0.3, -0.25) is 24.2 Å². The number of benzene rings is 2. The zero-order valence-corrected chi connectivity index (χ0v) is 20.0. The van der Waals surface area contributed by atoms with Gasteiger partial charge in [-0.2, -0.15) is 0 Å². The third-order valence-electron chi connectivity index (χ3n) is 6.27. The first-order valence-electron chi connectivity index (χ1n) is 11.0. The molecule has 178 valence electrons. The maximum absolute atomic E-state index is 13.4. The number of carbonyl (C=O) groups excluding carboxylic acids is 3. The standard InChI is InChI=1S/C25H27FN4O3S/c1-28-15-23-20(13-22(28)25(33)29(16-31)12-11-24(32)27-34-2)19-5-3-4-6-21(19)30(23)14-17-7-9-18(26)10-8-17/h3-10,16,22H,11-15H2,1-2H3,(H,27,32). The number of amides is 3. The Morgan fingerprint density at radius 2 is 1.94 bits per heavy atom. The van der Waals surface area contributed by atoms with Gasteiger partial charge in [0, 0.05) is 48.9 Å². The van der Waals surface area contributed by atoms with Crippen LogP contribution in [-0.2, 0) is 33.9 Å². The molecule has 0 saturated carbocycles. The normalized spacial score (nSPS) is 15.7. The second-order valence-electron chi connectivity index (χ2n) is 8.41. The average Bonchev–Trinajstić information content (AvgIpc) is 3.13. The maximum Gasteiger partial charge on any atom is 0.246 e. The Labute approximate surface area is 202 Å². The first-order valence-corrected chi connectivity index (χ1v) is 12.3. The molecule has 2 aromatic carbocycles. The third kappa shape index (κ3) is 4.85. The summed E-state index contributed by atoms with van der Waals surface area (Å²) in [5.74, 6) is -0.805. The van der Waals surface area contributed by atoms with Crippen molar-refractivity contribution in [1.82, 2.24) is 19.1 Å². The van der Waals surface area contributed by atoms with Crippen molar-refractivity contribution < 1.29 is 18.8 Å². The number of carbonyl (C=O) groups is 3. The van der Waals surface area contributed by atoms with Gasteiger partial charge < -0.3 is 9.29 Å². The molecule has 4 rings (SSSR count). The molecule has 3 aromatic rings. The lowest BCUT2D eigenvalue weighted by atomic mass is 9.96. The van der Waals surface area contributed by atoms with Crippen molar-refractivity contribution in [2.45, 2.75) is 32.0 Å². The minimum absolute atomic E-state index is 0.0399. The summed E-state index contributed by atoms with van der Waals surface area (Å²) in [7, 11) is 1.87. The number of hydrogen-bond acceptors (Lipinski definition) is 5. The molecule has 1 atom stereocenters. The average molecular weight is 483 g/mol. The van der Waals surface area contributed by atoms with Crippen LogP contribution in [0, 0.1) is 5.82 Å². The van der Waals surface area contributed by atoms with E-state index in [9.17, 15) is 18.8 Å². The smallest absolute Gasteiger partial charge is 0.246 e. The number of halogens is 1. The molecule has 0 aliphatic carbocycles. The highest BCUT2D eigenvalue weighted by atomic mass is 32.2. The van der Waals surface area contributed by atoms with Crippen molar-refractivity contribution in [1.29, 1.82) is 0 Å². The highest BCUT2D eigenvalue weighted by molar-refractivity contribution is 7.97. The van der Waals surface area contributed by atoms with Crippen LogP contribution in [0.25, 0.3) is 10.9 Å². The van der Waals surface area contributed by atoms with Gasteiger partial charge in [-0.1, -0.05) is 42.3 Å². The molecule has 0 bridgehead atoms. The summed E-state index contributed by atoms with van der Waals surface area (Å²) in [6, 6.07) is 14.0. The van der Waals surface area contributed by atoms with E-state index in [2.05, 4.69) is 15.4 Å².